The van der Waals surface area contributed by atoms with E-state index in [1.165, 1.54) is 0 Å². The maximum Gasteiger partial charge on any atom is 0.157 e. The fraction of sp³-hybridized carbons (Fsp3) is 0.375. The van der Waals surface area contributed by atoms with Crippen LogP contribution in [0, 0.1) is 11.3 Å². The summed E-state index contributed by atoms with van der Waals surface area (Å²) in [6.45, 7) is 1.67. The van der Waals surface area contributed by atoms with E-state index >= 15 is 0 Å². The third-order valence-electron chi connectivity index (χ3n) is 1.39. The van der Waals surface area contributed by atoms with Crippen LogP contribution in [0.5, 0.6) is 0 Å². The van der Waals surface area contributed by atoms with Crippen LogP contribution in [0.3, 0.4) is 0 Å². The van der Waals surface area contributed by atoms with Gasteiger partial charge in [0.25, 0.3) is 0 Å². The van der Waals surface area contributed by atoms with Crippen molar-refractivity contribution in [3.05, 3.63) is 24.2 Å². The predicted octanol–water partition coefficient (Wildman–Crippen LogP) is 0.257. The second-order valence-electron chi connectivity index (χ2n) is 2.27. The van der Waals surface area contributed by atoms with Crippen molar-refractivity contribution in [3.63, 3.8) is 0 Å². The predicted molar refractivity (Wildman–Crippen MR) is 39.4 cm³/mol. The van der Waals surface area contributed by atoms with Crippen LogP contribution in [-0.2, 0) is 6.54 Å². The summed E-state index contributed by atoms with van der Waals surface area (Å²) in [7, 11) is 0. The van der Waals surface area contributed by atoms with Crippen LogP contribution in [0.4, 0.5) is 0 Å². The molecule has 0 saturated carbocycles. The highest BCUT2D eigenvalue weighted by Crippen LogP contribution is 1.95. The molecule has 0 spiro atoms. The van der Waals surface area contributed by atoms with Crippen LogP contribution in [0.15, 0.2) is 22.8 Å². The van der Waals surface area contributed by atoms with E-state index in [0.717, 1.165) is 18.8 Å². The first kappa shape index (κ1) is 7.83. The van der Waals surface area contributed by atoms with E-state index in [-0.39, 0.29) is 0 Å². The largest absolute Gasteiger partial charge is 0.463 e. The van der Waals surface area contributed by atoms with Gasteiger partial charge in [0.2, 0.25) is 0 Å². The second-order valence-corrected chi connectivity index (χ2v) is 2.27. The molecule has 58 valence electrons. The Morgan fingerprint density at radius 3 is 3.18 bits per heavy atom. The Morgan fingerprint density at radius 2 is 2.55 bits per heavy atom. The van der Waals surface area contributed by atoms with Crippen LogP contribution in [0.2, 0.25) is 0 Å². The van der Waals surface area contributed by atoms with Crippen molar-refractivity contribution >= 4 is 0 Å². The lowest BCUT2D eigenvalue weighted by molar-refractivity contribution is -0.671. The lowest BCUT2D eigenvalue weighted by Gasteiger charge is -1.93. The van der Waals surface area contributed by atoms with Crippen molar-refractivity contribution in [1.82, 2.24) is 0 Å². The summed E-state index contributed by atoms with van der Waals surface area (Å²) < 4.78 is 5.10. The molecule has 0 bridgehead atoms. The molecule has 3 heteroatoms. The first-order valence-electron chi connectivity index (χ1n) is 3.64. The Morgan fingerprint density at radius 1 is 1.64 bits per heavy atom. The average molecular weight is 151 g/mol. The summed E-state index contributed by atoms with van der Waals surface area (Å²) in [5.41, 5.74) is 0. The highest BCUT2D eigenvalue weighted by molar-refractivity contribution is 4.95. The molecule has 0 aliphatic heterocycles. The Bertz CT molecular complexity index is 223. The molecule has 1 rings (SSSR count). The van der Waals surface area contributed by atoms with Crippen LogP contribution in [0.1, 0.15) is 12.2 Å². The summed E-state index contributed by atoms with van der Waals surface area (Å²) in [5, 5.41) is 10.3. The second kappa shape index (κ2) is 4.53. The molecule has 2 N–H and O–H groups in total. The van der Waals surface area contributed by atoms with Gasteiger partial charge in [-0.15, -0.1) is 0 Å². The normalized spacial score (nSPS) is 9.36. The molecule has 0 fully saturated rings. The monoisotopic (exact) mass is 151 g/mol. The van der Waals surface area contributed by atoms with Gasteiger partial charge in [-0.3, -0.25) is 0 Å². The molecule has 0 aromatic carbocycles. The third kappa shape index (κ3) is 2.87. The quantitative estimate of drug-likeness (QED) is 0.627. The van der Waals surface area contributed by atoms with Gasteiger partial charge in [-0.1, -0.05) is 0 Å². The number of nitrogens with two attached hydrogens (primary N) is 1. The fourth-order valence-electron chi connectivity index (χ4n) is 0.840. The molecule has 0 amide bonds. The molecule has 0 aliphatic rings. The SMILES string of the molecule is N#CCC[NH2+]Cc1ccco1. The maximum atomic E-state index is 8.23. The topological polar surface area (TPSA) is 53.5 Å². The van der Waals surface area contributed by atoms with E-state index in [1.807, 2.05) is 12.1 Å². The number of hydrogen-bond acceptors (Lipinski definition) is 2. The van der Waals surface area contributed by atoms with E-state index in [1.54, 1.807) is 6.26 Å². The lowest BCUT2D eigenvalue weighted by Crippen LogP contribution is -2.82. The maximum absolute atomic E-state index is 8.23. The Kier molecular flexibility index (Phi) is 3.23. The Hall–Kier alpha value is -1.27. The molecule has 0 radical (unpaired) electrons. The van der Waals surface area contributed by atoms with Crippen LogP contribution in [-0.4, -0.2) is 6.54 Å². The van der Waals surface area contributed by atoms with Gasteiger partial charge in [-0.2, -0.15) is 5.26 Å². The van der Waals surface area contributed by atoms with Gasteiger partial charge in [0.1, 0.15) is 6.54 Å². The summed E-state index contributed by atoms with van der Waals surface area (Å²) in [4.78, 5) is 0. The number of quaternary nitrogens is 1. The minimum absolute atomic E-state index is 0.598. The van der Waals surface area contributed by atoms with Crippen molar-refractivity contribution in [2.75, 3.05) is 6.54 Å². The van der Waals surface area contributed by atoms with Crippen molar-refractivity contribution in [3.8, 4) is 6.07 Å². The number of nitriles is 1. The zero-order valence-corrected chi connectivity index (χ0v) is 6.29. The molecule has 1 heterocycles. The highest BCUT2D eigenvalue weighted by atomic mass is 16.3. The van der Waals surface area contributed by atoms with Gasteiger partial charge in [-0.05, 0) is 12.1 Å². The van der Waals surface area contributed by atoms with Gasteiger partial charge in [0.05, 0.1) is 25.3 Å². The van der Waals surface area contributed by atoms with Crippen LogP contribution in [0.25, 0.3) is 0 Å². The number of rotatable bonds is 4. The molecule has 0 saturated heterocycles. The molecule has 0 atom stereocenters. The van der Waals surface area contributed by atoms with Gasteiger partial charge in [0.15, 0.2) is 5.76 Å². The third-order valence-corrected chi connectivity index (χ3v) is 1.39. The number of furan rings is 1. The van der Waals surface area contributed by atoms with Gasteiger partial charge < -0.3 is 9.73 Å². The summed E-state index contributed by atoms with van der Waals surface area (Å²) in [6, 6.07) is 5.89. The van der Waals surface area contributed by atoms with Crippen LogP contribution < -0.4 is 5.32 Å². The van der Waals surface area contributed by atoms with Gasteiger partial charge >= 0.3 is 0 Å². The van der Waals surface area contributed by atoms with E-state index in [9.17, 15) is 0 Å². The van der Waals surface area contributed by atoms with Crippen molar-refractivity contribution in [1.29, 1.82) is 5.26 Å². The summed E-state index contributed by atoms with van der Waals surface area (Å²) in [5.74, 6) is 0.961. The first-order valence-corrected chi connectivity index (χ1v) is 3.64. The summed E-state index contributed by atoms with van der Waals surface area (Å²) in [6.07, 6.45) is 2.26. The zero-order chi connectivity index (χ0) is 7.94. The average Bonchev–Trinajstić information content (AvgIpc) is 2.50. The number of nitrogens with zero attached hydrogens (tertiary/aromatic N) is 1. The van der Waals surface area contributed by atoms with E-state index in [4.69, 9.17) is 9.68 Å². The van der Waals surface area contributed by atoms with Gasteiger partial charge in [-0.25, -0.2) is 0 Å². The molecule has 11 heavy (non-hydrogen) atoms. The van der Waals surface area contributed by atoms with E-state index in [2.05, 4.69) is 11.4 Å². The summed E-state index contributed by atoms with van der Waals surface area (Å²) >= 11 is 0. The standard InChI is InChI=1S/C8H10N2O/c9-4-2-5-10-7-8-3-1-6-11-8/h1,3,6,10H,2,5,7H2/p+1. The minimum Gasteiger partial charge on any atom is -0.463 e. The van der Waals surface area contributed by atoms with Crippen molar-refractivity contribution in [2.24, 2.45) is 0 Å². The Balaban J connectivity index is 2.10. The Labute approximate surface area is 65.6 Å². The van der Waals surface area contributed by atoms with Crippen LogP contribution >= 0.6 is 0 Å². The molecule has 0 unspecified atom stereocenters. The molecule has 3 nitrogen and oxygen atoms in total. The van der Waals surface area contributed by atoms with E-state index in [0.29, 0.717) is 6.42 Å². The number of hydrogen-bond donors (Lipinski definition) is 1. The lowest BCUT2D eigenvalue weighted by atomic mass is 10.4. The first-order chi connectivity index (χ1) is 5.43. The van der Waals surface area contributed by atoms with Crippen molar-refractivity contribution in [2.45, 2.75) is 13.0 Å². The van der Waals surface area contributed by atoms with Gasteiger partial charge in [0, 0.05) is 0 Å². The minimum atomic E-state index is 0.598. The molecule has 1 aromatic rings. The zero-order valence-electron chi connectivity index (χ0n) is 6.29. The van der Waals surface area contributed by atoms with Crippen molar-refractivity contribution < 1.29 is 9.73 Å². The molecule has 0 aliphatic carbocycles. The fourth-order valence-corrected chi connectivity index (χ4v) is 0.840. The smallest absolute Gasteiger partial charge is 0.157 e. The molecular weight excluding hydrogens is 140 g/mol. The molecule has 1 aromatic heterocycles. The van der Waals surface area contributed by atoms with E-state index < -0.39 is 0 Å². The molecular formula is C8H11N2O+. The highest BCUT2D eigenvalue weighted by Gasteiger charge is 1.95.